The molecule has 0 radical (unpaired) electrons. The van der Waals surface area contributed by atoms with E-state index in [4.69, 9.17) is 0 Å². The average Bonchev–Trinajstić information content (AvgIpc) is 2.38. The molecule has 1 heterocycles. The molecule has 5 unspecified atom stereocenters. The van der Waals surface area contributed by atoms with Gasteiger partial charge in [-0.3, -0.25) is 4.79 Å². The fourth-order valence-electron chi connectivity index (χ4n) is 4.04. The molecule has 116 valence electrons. The molecule has 0 aromatic carbocycles. The van der Waals surface area contributed by atoms with Crippen LogP contribution in [-0.2, 0) is 4.79 Å². The van der Waals surface area contributed by atoms with E-state index in [0.29, 0.717) is 29.8 Å². The fourth-order valence-corrected chi connectivity index (χ4v) is 4.04. The quantitative estimate of drug-likeness (QED) is 0.834. The summed E-state index contributed by atoms with van der Waals surface area (Å²) in [6.07, 6.45) is 5.73. The maximum atomic E-state index is 12.5. The standard InChI is InChI=1S/C17H32N2O/c1-11(2)15-6-5-12(3)9-16(15)19-17(20)14-7-8-18-13(4)10-14/h11-16,18H,5-10H2,1-4H3,(H,19,20). The van der Waals surface area contributed by atoms with Crippen LogP contribution in [0, 0.1) is 23.7 Å². The zero-order valence-corrected chi connectivity index (χ0v) is 13.6. The van der Waals surface area contributed by atoms with Crippen LogP contribution in [0.5, 0.6) is 0 Å². The second-order valence-corrected chi connectivity index (χ2v) is 7.52. The Morgan fingerprint density at radius 3 is 2.55 bits per heavy atom. The van der Waals surface area contributed by atoms with Crippen molar-refractivity contribution in [1.82, 2.24) is 10.6 Å². The summed E-state index contributed by atoms with van der Waals surface area (Å²) < 4.78 is 0. The van der Waals surface area contributed by atoms with Crippen LogP contribution in [0.3, 0.4) is 0 Å². The molecule has 2 rings (SSSR count). The SMILES string of the molecule is CC1CCC(C(C)C)C(NC(=O)C2CCNC(C)C2)C1. The molecule has 2 aliphatic rings. The molecule has 1 saturated carbocycles. The number of hydrogen-bond acceptors (Lipinski definition) is 2. The first-order valence-corrected chi connectivity index (χ1v) is 8.51. The van der Waals surface area contributed by atoms with Gasteiger partial charge < -0.3 is 10.6 Å². The van der Waals surface area contributed by atoms with E-state index < -0.39 is 0 Å². The monoisotopic (exact) mass is 280 g/mol. The maximum Gasteiger partial charge on any atom is 0.223 e. The molecule has 1 amide bonds. The summed E-state index contributed by atoms with van der Waals surface area (Å²) in [4.78, 5) is 12.5. The van der Waals surface area contributed by atoms with E-state index >= 15 is 0 Å². The lowest BCUT2D eigenvalue weighted by Gasteiger charge is -2.39. The van der Waals surface area contributed by atoms with Gasteiger partial charge in [0, 0.05) is 18.0 Å². The lowest BCUT2D eigenvalue weighted by molar-refractivity contribution is -0.127. The van der Waals surface area contributed by atoms with E-state index in [1.807, 2.05) is 0 Å². The van der Waals surface area contributed by atoms with E-state index in [1.165, 1.54) is 12.8 Å². The van der Waals surface area contributed by atoms with Crippen molar-refractivity contribution >= 4 is 5.91 Å². The largest absolute Gasteiger partial charge is 0.353 e. The minimum absolute atomic E-state index is 0.219. The summed E-state index contributed by atoms with van der Waals surface area (Å²) in [5.74, 6) is 2.61. The highest BCUT2D eigenvalue weighted by Gasteiger charge is 2.33. The predicted molar refractivity (Wildman–Crippen MR) is 83.5 cm³/mol. The van der Waals surface area contributed by atoms with Crippen molar-refractivity contribution < 1.29 is 4.79 Å². The van der Waals surface area contributed by atoms with Gasteiger partial charge in [-0.25, -0.2) is 0 Å². The van der Waals surface area contributed by atoms with Gasteiger partial charge >= 0.3 is 0 Å². The average molecular weight is 280 g/mol. The first-order chi connectivity index (χ1) is 9.47. The topological polar surface area (TPSA) is 41.1 Å². The first-order valence-electron chi connectivity index (χ1n) is 8.51. The van der Waals surface area contributed by atoms with Gasteiger partial charge in [0.1, 0.15) is 0 Å². The third-order valence-electron chi connectivity index (χ3n) is 5.34. The highest BCUT2D eigenvalue weighted by atomic mass is 16.1. The summed E-state index contributed by atoms with van der Waals surface area (Å²) in [6, 6.07) is 0.877. The Morgan fingerprint density at radius 1 is 1.15 bits per heavy atom. The number of carbonyl (C=O) groups excluding carboxylic acids is 1. The Kier molecular flexibility index (Phi) is 5.48. The van der Waals surface area contributed by atoms with Gasteiger partial charge in [0.25, 0.3) is 0 Å². The zero-order chi connectivity index (χ0) is 14.7. The van der Waals surface area contributed by atoms with Crippen molar-refractivity contribution in [3.63, 3.8) is 0 Å². The second kappa shape index (κ2) is 6.93. The third kappa shape index (κ3) is 3.97. The van der Waals surface area contributed by atoms with Crippen molar-refractivity contribution in [2.24, 2.45) is 23.7 Å². The number of rotatable bonds is 3. The van der Waals surface area contributed by atoms with Crippen molar-refractivity contribution in [3.8, 4) is 0 Å². The van der Waals surface area contributed by atoms with Crippen molar-refractivity contribution in [1.29, 1.82) is 0 Å². The number of nitrogens with one attached hydrogen (secondary N) is 2. The molecule has 3 heteroatoms. The molecule has 0 bridgehead atoms. The Morgan fingerprint density at radius 2 is 1.90 bits per heavy atom. The second-order valence-electron chi connectivity index (χ2n) is 7.52. The van der Waals surface area contributed by atoms with Gasteiger partial charge in [0.2, 0.25) is 5.91 Å². The number of carbonyl (C=O) groups is 1. The van der Waals surface area contributed by atoms with Gasteiger partial charge in [-0.2, -0.15) is 0 Å². The van der Waals surface area contributed by atoms with Gasteiger partial charge in [-0.05, 0) is 56.9 Å². The molecular formula is C17H32N2O. The van der Waals surface area contributed by atoms with Crippen LogP contribution in [0.25, 0.3) is 0 Å². The summed E-state index contributed by atoms with van der Waals surface area (Å²) in [5.41, 5.74) is 0. The molecule has 3 nitrogen and oxygen atoms in total. The van der Waals surface area contributed by atoms with Crippen LogP contribution in [0.2, 0.25) is 0 Å². The van der Waals surface area contributed by atoms with Crippen LogP contribution in [0.1, 0.15) is 59.8 Å². The molecule has 0 spiro atoms. The highest BCUT2D eigenvalue weighted by Crippen LogP contribution is 2.33. The molecule has 1 aliphatic heterocycles. The molecule has 0 aromatic rings. The maximum absolute atomic E-state index is 12.5. The molecular weight excluding hydrogens is 248 g/mol. The van der Waals surface area contributed by atoms with Gasteiger partial charge in [-0.1, -0.05) is 27.2 Å². The number of amides is 1. The number of piperidine rings is 1. The Balaban J connectivity index is 1.93. The highest BCUT2D eigenvalue weighted by molar-refractivity contribution is 5.79. The van der Waals surface area contributed by atoms with Crippen molar-refractivity contribution in [3.05, 3.63) is 0 Å². The van der Waals surface area contributed by atoms with Crippen LogP contribution < -0.4 is 10.6 Å². The zero-order valence-electron chi connectivity index (χ0n) is 13.6. The molecule has 1 saturated heterocycles. The summed E-state index contributed by atoms with van der Waals surface area (Å²) in [7, 11) is 0. The minimum Gasteiger partial charge on any atom is -0.353 e. The first kappa shape index (κ1) is 15.8. The van der Waals surface area contributed by atoms with E-state index in [2.05, 4.69) is 38.3 Å². The molecule has 2 fully saturated rings. The minimum atomic E-state index is 0.219. The summed E-state index contributed by atoms with van der Waals surface area (Å²) >= 11 is 0. The Labute approximate surface area is 124 Å². The van der Waals surface area contributed by atoms with Crippen molar-refractivity contribution in [2.45, 2.75) is 71.9 Å². The fraction of sp³-hybridized carbons (Fsp3) is 0.941. The van der Waals surface area contributed by atoms with Gasteiger partial charge in [0.05, 0.1) is 0 Å². The van der Waals surface area contributed by atoms with Gasteiger partial charge in [-0.15, -0.1) is 0 Å². The molecule has 1 aliphatic carbocycles. The van der Waals surface area contributed by atoms with E-state index in [-0.39, 0.29) is 5.92 Å². The third-order valence-corrected chi connectivity index (χ3v) is 5.34. The predicted octanol–water partition coefficient (Wildman–Crippen LogP) is 2.95. The smallest absolute Gasteiger partial charge is 0.223 e. The molecule has 5 atom stereocenters. The molecule has 2 N–H and O–H groups in total. The number of hydrogen-bond donors (Lipinski definition) is 2. The van der Waals surface area contributed by atoms with E-state index in [0.717, 1.165) is 31.7 Å². The van der Waals surface area contributed by atoms with E-state index in [9.17, 15) is 4.79 Å². The lowest BCUT2D eigenvalue weighted by Crippen LogP contribution is -2.49. The van der Waals surface area contributed by atoms with E-state index in [1.54, 1.807) is 0 Å². The Bertz CT molecular complexity index is 329. The van der Waals surface area contributed by atoms with Crippen LogP contribution >= 0.6 is 0 Å². The summed E-state index contributed by atoms with van der Waals surface area (Å²) in [6.45, 7) is 10.1. The lowest BCUT2D eigenvalue weighted by atomic mass is 9.74. The van der Waals surface area contributed by atoms with Crippen LogP contribution in [0.15, 0.2) is 0 Å². The molecule has 20 heavy (non-hydrogen) atoms. The van der Waals surface area contributed by atoms with Gasteiger partial charge in [0.15, 0.2) is 0 Å². The summed E-state index contributed by atoms with van der Waals surface area (Å²) in [5, 5.41) is 6.83. The van der Waals surface area contributed by atoms with Crippen molar-refractivity contribution in [2.75, 3.05) is 6.54 Å². The van der Waals surface area contributed by atoms with Crippen LogP contribution in [-0.4, -0.2) is 24.5 Å². The Hall–Kier alpha value is -0.570. The van der Waals surface area contributed by atoms with Crippen LogP contribution in [0.4, 0.5) is 0 Å². The molecule has 0 aromatic heterocycles. The normalized spacial score (nSPS) is 38.8.